The van der Waals surface area contributed by atoms with Crippen LogP contribution in [0.2, 0.25) is 0 Å². The molecule has 0 spiro atoms. The van der Waals surface area contributed by atoms with Crippen molar-refractivity contribution in [3.63, 3.8) is 0 Å². The number of ether oxygens (including phenoxy) is 2. The molecule has 0 saturated heterocycles. The van der Waals surface area contributed by atoms with Gasteiger partial charge in [-0.3, -0.25) is 4.79 Å². The molecule has 2 atom stereocenters. The number of hydrogen-bond acceptors (Lipinski definition) is 4. The maximum atomic E-state index is 11.9. The summed E-state index contributed by atoms with van der Waals surface area (Å²) in [7, 11) is 0. The molecule has 0 aliphatic heterocycles. The summed E-state index contributed by atoms with van der Waals surface area (Å²) in [5, 5.41) is 12.6. The molecule has 1 saturated carbocycles. The molecule has 0 bridgehead atoms. The molecule has 116 valence electrons. The molecule has 5 heteroatoms. The molecule has 0 aromatic heterocycles. The van der Waals surface area contributed by atoms with Gasteiger partial charge in [0.05, 0.1) is 12.7 Å². The summed E-state index contributed by atoms with van der Waals surface area (Å²) in [5.41, 5.74) is -0.279. The molecule has 2 unspecified atom stereocenters. The molecule has 1 amide bonds. The average Bonchev–Trinajstić information content (AvgIpc) is 2.46. The van der Waals surface area contributed by atoms with Crippen molar-refractivity contribution in [3.05, 3.63) is 24.3 Å². The Labute approximate surface area is 125 Å². The highest BCUT2D eigenvalue weighted by molar-refractivity contribution is 5.78. The molecule has 0 radical (unpaired) electrons. The minimum atomic E-state index is -0.359. The third kappa shape index (κ3) is 3.47. The van der Waals surface area contributed by atoms with Crippen molar-refractivity contribution in [3.8, 4) is 11.5 Å². The number of amides is 1. The normalized spacial score (nSPS) is 23.0. The summed E-state index contributed by atoms with van der Waals surface area (Å²) in [6, 6.07) is 7.26. The van der Waals surface area contributed by atoms with E-state index in [-0.39, 0.29) is 30.1 Å². The van der Waals surface area contributed by atoms with Gasteiger partial charge in [0, 0.05) is 11.5 Å². The van der Waals surface area contributed by atoms with Crippen molar-refractivity contribution in [1.82, 2.24) is 5.32 Å². The second kappa shape index (κ2) is 6.35. The quantitative estimate of drug-likeness (QED) is 0.838. The fraction of sp³-hybridized carbons (Fsp3) is 0.562. The SMILES string of the molecule is CCOc1ccccc1OCC(=O)NC1CC(O)C1(C)C. The van der Waals surface area contributed by atoms with Crippen LogP contribution in [0.25, 0.3) is 0 Å². The highest BCUT2D eigenvalue weighted by Crippen LogP contribution is 2.40. The second-order valence-corrected chi connectivity index (χ2v) is 5.86. The Balaban J connectivity index is 1.85. The van der Waals surface area contributed by atoms with E-state index in [9.17, 15) is 9.90 Å². The first-order chi connectivity index (χ1) is 9.95. The van der Waals surface area contributed by atoms with E-state index in [0.29, 0.717) is 24.5 Å². The van der Waals surface area contributed by atoms with E-state index in [0.717, 1.165) is 0 Å². The number of para-hydroxylation sites is 2. The number of carbonyl (C=O) groups excluding carboxylic acids is 1. The van der Waals surface area contributed by atoms with Gasteiger partial charge in [0.25, 0.3) is 5.91 Å². The minimum absolute atomic E-state index is 0.00858. The molecule has 1 aliphatic rings. The van der Waals surface area contributed by atoms with Crippen LogP contribution in [0.3, 0.4) is 0 Å². The van der Waals surface area contributed by atoms with Crippen molar-refractivity contribution in [2.75, 3.05) is 13.2 Å². The van der Waals surface area contributed by atoms with Gasteiger partial charge in [-0.25, -0.2) is 0 Å². The lowest BCUT2D eigenvalue weighted by molar-refractivity contribution is -0.131. The zero-order valence-electron chi connectivity index (χ0n) is 12.8. The van der Waals surface area contributed by atoms with E-state index in [1.54, 1.807) is 6.07 Å². The predicted molar refractivity (Wildman–Crippen MR) is 79.4 cm³/mol. The number of carbonyl (C=O) groups is 1. The van der Waals surface area contributed by atoms with E-state index in [1.807, 2.05) is 39.0 Å². The molecule has 21 heavy (non-hydrogen) atoms. The van der Waals surface area contributed by atoms with E-state index < -0.39 is 0 Å². The number of benzene rings is 1. The van der Waals surface area contributed by atoms with Gasteiger partial charge < -0.3 is 19.9 Å². The Morgan fingerprint density at radius 1 is 1.33 bits per heavy atom. The van der Waals surface area contributed by atoms with Crippen LogP contribution >= 0.6 is 0 Å². The first-order valence-electron chi connectivity index (χ1n) is 7.27. The first-order valence-corrected chi connectivity index (χ1v) is 7.27. The van der Waals surface area contributed by atoms with Crippen LogP contribution in [0.5, 0.6) is 11.5 Å². The van der Waals surface area contributed by atoms with Gasteiger partial charge in [-0.1, -0.05) is 26.0 Å². The summed E-state index contributed by atoms with van der Waals surface area (Å²) in [6.45, 7) is 6.26. The number of nitrogens with one attached hydrogen (secondary N) is 1. The van der Waals surface area contributed by atoms with Crippen molar-refractivity contribution in [1.29, 1.82) is 0 Å². The van der Waals surface area contributed by atoms with E-state index >= 15 is 0 Å². The van der Waals surface area contributed by atoms with Crippen LogP contribution in [-0.4, -0.2) is 36.4 Å². The van der Waals surface area contributed by atoms with Gasteiger partial charge in [-0.2, -0.15) is 0 Å². The maximum Gasteiger partial charge on any atom is 0.258 e. The Morgan fingerprint density at radius 2 is 1.95 bits per heavy atom. The van der Waals surface area contributed by atoms with Crippen molar-refractivity contribution in [2.24, 2.45) is 5.41 Å². The molecular weight excluding hydrogens is 270 g/mol. The molecule has 1 aliphatic carbocycles. The van der Waals surface area contributed by atoms with Gasteiger partial charge in [-0.15, -0.1) is 0 Å². The van der Waals surface area contributed by atoms with Crippen LogP contribution in [0.1, 0.15) is 27.2 Å². The standard InChI is InChI=1S/C16H23NO4/c1-4-20-11-7-5-6-8-12(11)21-10-15(19)17-13-9-14(18)16(13,2)3/h5-8,13-14,18H,4,9-10H2,1-3H3,(H,17,19). The van der Waals surface area contributed by atoms with Crippen molar-refractivity contribution >= 4 is 5.91 Å². The summed E-state index contributed by atoms with van der Waals surface area (Å²) < 4.78 is 11.0. The van der Waals surface area contributed by atoms with Gasteiger partial charge in [0.2, 0.25) is 0 Å². The Kier molecular flexibility index (Phi) is 4.73. The maximum absolute atomic E-state index is 11.9. The molecule has 1 fully saturated rings. The lowest BCUT2D eigenvalue weighted by atomic mass is 9.64. The smallest absolute Gasteiger partial charge is 0.258 e. The molecule has 0 heterocycles. The van der Waals surface area contributed by atoms with Gasteiger partial charge in [0.15, 0.2) is 18.1 Å². The number of aliphatic hydroxyl groups excluding tert-OH is 1. The predicted octanol–water partition coefficient (Wildman–Crippen LogP) is 1.74. The van der Waals surface area contributed by atoms with Crippen LogP contribution in [0.15, 0.2) is 24.3 Å². The van der Waals surface area contributed by atoms with Crippen molar-refractivity contribution < 1.29 is 19.4 Å². The Morgan fingerprint density at radius 3 is 2.48 bits per heavy atom. The summed E-state index contributed by atoms with van der Waals surface area (Å²) in [5.74, 6) is 1.00. The lowest BCUT2D eigenvalue weighted by Crippen LogP contribution is -2.61. The van der Waals surface area contributed by atoms with Crippen LogP contribution in [0, 0.1) is 5.41 Å². The molecule has 2 rings (SSSR count). The van der Waals surface area contributed by atoms with E-state index in [4.69, 9.17) is 9.47 Å². The summed E-state index contributed by atoms with van der Waals surface area (Å²) in [4.78, 5) is 11.9. The second-order valence-electron chi connectivity index (χ2n) is 5.86. The monoisotopic (exact) mass is 293 g/mol. The van der Waals surface area contributed by atoms with Gasteiger partial charge in [0.1, 0.15) is 0 Å². The van der Waals surface area contributed by atoms with E-state index in [1.165, 1.54) is 0 Å². The van der Waals surface area contributed by atoms with Gasteiger partial charge >= 0.3 is 0 Å². The number of rotatable bonds is 6. The zero-order valence-corrected chi connectivity index (χ0v) is 12.8. The largest absolute Gasteiger partial charge is 0.490 e. The fourth-order valence-corrected chi connectivity index (χ4v) is 2.37. The molecule has 2 N–H and O–H groups in total. The van der Waals surface area contributed by atoms with Crippen LogP contribution < -0.4 is 14.8 Å². The Hall–Kier alpha value is -1.75. The van der Waals surface area contributed by atoms with Crippen LogP contribution in [0.4, 0.5) is 0 Å². The molecular formula is C16H23NO4. The lowest BCUT2D eigenvalue weighted by Gasteiger charge is -2.49. The molecule has 5 nitrogen and oxygen atoms in total. The third-order valence-electron chi connectivity index (χ3n) is 4.06. The fourth-order valence-electron chi connectivity index (χ4n) is 2.37. The highest BCUT2D eigenvalue weighted by Gasteiger charge is 2.47. The third-order valence-corrected chi connectivity index (χ3v) is 4.06. The molecule has 1 aromatic rings. The summed E-state index contributed by atoms with van der Waals surface area (Å²) >= 11 is 0. The highest BCUT2D eigenvalue weighted by atomic mass is 16.5. The average molecular weight is 293 g/mol. The number of hydrogen-bond donors (Lipinski definition) is 2. The Bertz CT molecular complexity index is 501. The van der Waals surface area contributed by atoms with Crippen LogP contribution in [-0.2, 0) is 4.79 Å². The topological polar surface area (TPSA) is 67.8 Å². The van der Waals surface area contributed by atoms with Crippen molar-refractivity contribution in [2.45, 2.75) is 39.3 Å². The molecule has 1 aromatic carbocycles. The first kappa shape index (κ1) is 15.6. The minimum Gasteiger partial charge on any atom is -0.490 e. The van der Waals surface area contributed by atoms with Gasteiger partial charge in [-0.05, 0) is 25.5 Å². The zero-order chi connectivity index (χ0) is 15.5. The van der Waals surface area contributed by atoms with E-state index in [2.05, 4.69) is 5.32 Å². The summed E-state index contributed by atoms with van der Waals surface area (Å²) in [6.07, 6.45) is 0.233. The number of aliphatic hydroxyl groups is 1.